The summed E-state index contributed by atoms with van der Waals surface area (Å²) in [6, 6.07) is 19.6. The number of thioether (sulfide) groups is 1. The van der Waals surface area contributed by atoms with E-state index in [0.29, 0.717) is 22.4 Å². The molecule has 1 amide bonds. The molecule has 1 atom stereocenters. The van der Waals surface area contributed by atoms with E-state index < -0.39 is 0 Å². The molecule has 0 bridgehead atoms. The lowest BCUT2D eigenvalue weighted by Gasteiger charge is -2.14. The number of hydrogen-bond donors (Lipinski definition) is 2. The summed E-state index contributed by atoms with van der Waals surface area (Å²) >= 11 is 1.34. The van der Waals surface area contributed by atoms with Crippen molar-refractivity contribution >= 4 is 39.8 Å². The first-order valence-electron chi connectivity index (χ1n) is 10.2. The fraction of sp³-hybridized carbons (Fsp3) is 0.208. The van der Waals surface area contributed by atoms with Crippen LogP contribution in [0.1, 0.15) is 18.3 Å². The third kappa shape index (κ3) is 4.86. The molecule has 0 spiro atoms. The molecule has 4 aromatic rings. The summed E-state index contributed by atoms with van der Waals surface area (Å²) in [6.07, 6.45) is 0. The minimum atomic E-state index is -0.368. The fourth-order valence-electron chi connectivity index (χ4n) is 3.20. The normalized spacial score (nSPS) is 12.0. The van der Waals surface area contributed by atoms with Crippen molar-refractivity contribution in [2.24, 2.45) is 7.05 Å². The molecule has 1 aromatic heterocycles. The first-order valence-corrected chi connectivity index (χ1v) is 11.1. The van der Waals surface area contributed by atoms with Crippen LogP contribution in [0.2, 0.25) is 0 Å². The van der Waals surface area contributed by atoms with Crippen LogP contribution in [-0.2, 0) is 18.4 Å². The molecule has 8 heteroatoms. The van der Waals surface area contributed by atoms with Gasteiger partial charge in [-0.2, -0.15) is 0 Å². The SMILES string of the molecule is Cc1ccc(N)cc1NC(=O)C(C)Sc1nnc(COc2ccc3ccccc3c2)n1C. The van der Waals surface area contributed by atoms with E-state index in [0.717, 1.165) is 22.1 Å². The monoisotopic (exact) mass is 447 g/mol. The molecule has 0 saturated heterocycles. The van der Waals surface area contributed by atoms with Gasteiger partial charge < -0.3 is 20.4 Å². The van der Waals surface area contributed by atoms with Crippen LogP contribution in [0.25, 0.3) is 10.8 Å². The number of nitrogen functional groups attached to an aromatic ring is 1. The molecule has 1 heterocycles. The van der Waals surface area contributed by atoms with Gasteiger partial charge in [-0.1, -0.05) is 48.2 Å². The molecule has 0 aliphatic heterocycles. The van der Waals surface area contributed by atoms with E-state index in [1.807, 2.05) is 67.9 Å². The second-order valence-corrected chi connectivity index (χ2v) is 8.89. The fourth-order valence-corrected chi connectivity index (χ4v) is 4.03. The van der Waals surface area contributed by atoms with E-state index in [1.54, 1.807) is 6.07 Å². The van der Waals surface area contributed by atoms with Gasteiger partial charge >= 0.3 is 0 Å². The third-order valence-electron chi connectivity index (χ3n) is 5.18. The van der Waals surface area contributed by atoms with Crippen molar-refractivity contribution < 1.29 is 9.53 Å². The highest BCUT2D eigenvalue weighted by atomic mass is 32.2. The number of hydrogen-bond acceptors (Lipinski definition) is 6. The number of nitrogens with zero attached hydrogens (tertiary/aromatic N) is 3. The molecule has 0 saturated carbocycles. The van der Waals surface area contributed by atoms with E-state index in [-0.39, 0.29) is 17.8 Å². The Morgan fingerprint density at radius 2 is 1.91 bits per heavy atom. The number of nitrogens with one attached hydrogen (secondary N) is 1. The first-order chi connectivity index (χ1) is 15.4. The third-order valence-corrected chi connectivity index (χ3v) is 6.32. The Labute approximate surface area is 191 Å². The topological polar surface area (TPSA) is 95.1 Å². The van der Waals surface area contributed by atoms with E-state index in [4.69, 9.17) is 10.5 Å². The van der Waals surface area contributed by atoms with Crippen LogP contribution in [-0.4, -0.2) is 25.9 Å². The van der Waals surface area contributed by atoms with Crippen molar-refractivity contribution in [3.63, 3.8) is 0 Å². The zero-order chi connectivity index (χ0) is 22.7. The number of carbonyl (C=O) groups excluding carboxylic acids is 1. The molecule has 1 unspecified atom stereocenters. The zero-order valence-corrected chi connectivity index (χ0v) is 19.0. The van der Waals surface area contributed by atoms with Crippen LogP contribution in [0.4, 0.5) is 11.4 Å². The average Bonchev–Trinajstić information content (AvgIpc) is 3.13. The minimum absolute atomic E-state index is 0.124. The van der Waals surface area contributed by atoms with Crippen LogP contribution in [0, 0.1) is 6.92 Å². The van der Waals surface area contributed by atoms with Crippen molar-refractivity contribution in [3.05, 3.63) is 72.1 Å². The summed E-state index contributed by atoms with van der Waals surface area (Å²) in [4.78, 5) is 12.7. The highest BCUT2D eigenvalue weighted by Crippen LogP contribution is 2.25. The molecule has 0 radical (unpaired) electrons. The molecule has 4 rings (SSSR count). The summed E-state index contributed by atoms with van der Waals surface area (Å²) < 4.78 is 7.77. The van der Waals surface area contributed by atoms with Crippen molar-refractivity contribution in [3.8, 4) is 5.75 Å². The second kappa shape index (κ2) is 9.32. The van der Waals surface area contributed by atoms with Gasteiger partial charge in [0.15, 0.2) is 11.0 Å². The van der Waals surface area contributed by atoms with Crippen LogP contribution in [0.5, 0.6) is 5.75 Å². The van der Waals surface area contributed by atoms with Crippen molar-refractivity contribution in [1.29, 1.82) is 0 Å². The molecule has 3 aromatic carbocycles. The van der Waals surface area contributed by atoms with E-state index in [1.165, 1.54) is 11.8 Å². The van der Waals surface area contributed by atoms with E-state index in [2.05, 4.69) is 27.6 Å². The lowest BCUT2D eigenvalue weighted by Crippen LogP contribution is -2.23. The molecular formula is C24H25N5O2S. The summed E-state index contributed by atoms with van der Waals surface area (Å²) in [5, 5.41) is 14.0. The largest absolute Gasteiger partial charge is 0.486 e. The lowest BCUT2D eigenvalue weighted by molar-refractivity contribution is -0.115. The number of nitrogens with two attached hydrogens (primary N) is 1. The molecule has 3 N–H and O–H groups in total. The Balaban J connectivity index is 1.38. The Morgan fingerprint density at radius 1 is 1.12 bits per heavy atom. The van der Waals surface area contributed by atoms with Gasteiger partial charge in [-0.05, 0) is 54.4 Å². The predicted molar refractivity (Wildman–Crippen MR) is 129 cm³/mol. The molecule has 0 fully saturated rings. The van der Waals surface area contributed by atoms with Crippen molar-refractivity contribution in [2.45, 2.75) is 30.9 Å². The smallest absolute Gasteiger partial charge is 0.237 e. The Kier molecular flexibility index (Phi) is 6.32. The number of aromatic nitrogens is 3. The Morgan fingerprint density at radius 3 is 2.72 bits per heavy atom. The van der Waals surface area contributed by atoms with Crippen LogP contribution in [0.3, 0.4) is 0 Å². The van der Waals surface area contributed by atoms with Gasteiger partial charge in [-0.3, -0.25) is 4.79 Å². The van der Waals surface area contributed by atoms with E-state index in [9.17, 15) is 4.79 Å². The number of benzene rings is 3. The summed E-state index contributed by atoms with van der Waals surface area (Å²) in [7, 11) is 1.87. The molecular weight excluding hydrogens is 422 g/mol. The van der Waals surface area contributed by atoms with Crippen LogP contribution >= 0.6 is 11.8 Å². The summed E-state index contributed by atoms with van der Waals surface area (Å²) in [6.45, 7) is 4.05. The predicted octanol–water partition coefficient (Wildman–Crippen LogP) is 4.56. The van der Waals surface area contributed by atoms with Gasteiger partial charge in [-0.25, -0.2) is 0 Å². The highest BCUT2D eigenvalue weighted by Gasteiger charge is 2.20. The first kappa shape index (κ1) is 21.7. The molecule has 164 valence electrons. The van der Waals surface area contributed by atoms with Crippen molar-refractivity contribution in [1.82, 2.24) is 14.8 Å². The van der Waals surface area contributed by atoms with E-state index >= 15 is 0 Å². The maximum absolute atomic E-state index is 12.7. The average molecular weight is 448 g/mol. The summed E-state index contributed by atoms with van der Waals surface area (Å²) in [5.41, 5.74) is 8.11. The molecule has 7 nitrogen and oxygen atoms in total. The van der Waals surface area contributed by atoms with Crippen LogP contribution in [0.15, 0.2) is 65.8 Å². The summed E-state index contributed by atoms with van der Waals surface area (Å²) in [5.74, 6) is 1.33. The number of aryl methyl sites for hydroxylation is 1. The van der Waals surface area contributed by atoms with Gasteiger partial charge in [0.1, 0.15) is 12.4 Å². The van der Waals surface area contributed by atoms with Crippen molar-refractivity contribution in [2.75, 3.05) is 11.1 Å². The molecule has 0 aliphatic carbocycles. The zero-order valence-electron chi connectivity index (χ0n) is 18.2. The number of carbonyl (C=O) groups is 1. The van der Waals surface area contributed by atoms with Gasteiger partial charge in [0, 0.05) is 18.4 Å². The van der Waals surface area contributed by atoms with Gasteiger partial charge in [-0.15, -0.1) is 10.2 Å². The highest BCUT2D eigenvalue weighted by molar-refractivity contribution is 8.00. The van der Waals surface area contributed by atoms with Gasteiger partial charge in [0.05, 0.1) is 5.25 Å². The second-order valence-electron chi connectivity index (χ2n) is 7.58. The minimum Gasteiger partial charge on any atom is -0.486 e. The van der Waals surface area contributed by atoms with Gasteiger partial charge in [0.25, 0.3) is 0 Å². The molecule has 0 aliphatic rings. The maximum Gasteiger partial charge on any atom is 0.237 e. The number of anilines is 2. The standard InChI is InChI=1S/C24H25N5O2S/c1-15-8-10-19(25)13-21(15)26-23(30)16(2)32-24-28-27-22(29(24)3)14-31-20-11-9-17-6-4-5-7-18(17)12-20/h4-13,16H,14,25H2,1-3H3,(H,26,30). The maximum atomic E-state index is 12.7. The van der Waals surface area contributed by atoms with Gasteiger partial charge in [0.2, 0.25) is 5.91 Å². The Hall–Kier alpha value is -3.52. The Bertz CT molecular complexity index is 1270. The number of fused-ring (bicyclic) bond motifs is 1. The molecule has 32 heavy (non-hydrogen) atoms. The van der Waals surface area contributed by atoms with Crippen LogP contribution < -0.4 is 15.8 Å². The lowest BCUT2D eigenvalue weighted by atomic mass is 10.1. The number of amides is 1. The number of ether oxygens (including phenoxy) is 1. The quantitative estimate of drug-likeness (QED) is 0.319. The number of rotatable bonds is 7.